The van der Waals surface area contributed by atoms with Gasteiger partial charge in [-0.1, -0.05) is 25.0 Å². The molecule has 0 aliphatic heterocycles. The smallest absolute Gasteiger partial charge is 0.316 e. The molecule has 4 rings (SSSR count). The molecular formula is C20H20FN3O2S. The molecule has 1 saturated carbocycles. The van der Waals surface area contributed by atoms with Crippen molar-refractivity contribution in [2.45, 2.75) is 37.7 Å². The summed E-state index contributed by atoms with van der Waals surface area (Å²) < 4.78 is 21.1. The van der Waals surface area contributed by atoms with Crippen LogP contribution >= 0.6 is 11.3 Å². The number of carbonyl (C=O) groups is 1. The Morgan fingerprint density at radius 2 is 2.19 bits per heavy atom. The van der Waals surface area contributed by atoms with Crippen LogP contribution in [0.15, 0.2) is 42.0 Å². The molecule has 1 aromatic carbocycles. The number of halogens is 1. The van der Waals surface area contributed by atoms with E-state index >= 15 is 0 Å². The van der Waals surface area contributed by atoms with E-state index in [1.165, 1.54) is 23.5 Å². The van der Waals surface area contributed by atoms with Crippen molar-refractivity contribution < 1.29 is 13.9 Å². The third kappa shape index (κ3) is 3.51. The Labute approximate surface area is 160 Å². The zero-order valence-electron chi connectivity index (χ0n) is 15.0. The van der Waals surface area contributed by atoms with Crippen molar-refractivity contribution in [3.05, 3.63) is 59.1 Å². The lowest BCUT2D eigenvalue weighted by Gasteiger charge is -2.27. The number of rotatable bonds is 5. The molecule has 0 saturated heterocycles. The summed E-state index contributed by atoms with van der Waals surface area (Å²) in [4.78, 5) is 17.5. The highest BCUT2D eigenvalue weighted by Gasteiger charge is 2.44. The lowest BCUT2D eigenvalue weighted by molar-refractivity contribution is -0.152. The molecule has 0 amide bonds. The SMILES string of the molecule is Cn1cc(-c2nc(COC(=O)C3(c4cccc(F)c4)CCCC3)cs2)cn1. The molecule has 1 aliphatic rings. The van der Waals surface area contributed by atoms with E-state index in [9.17, 15) is 9.18 Å². The van der Waals surface area contributed by atoms with E-state index in [0.717, 1.165) is 23.4 Å². The van der Waals surface area contributed by atoms with E-state index < -0.39 is 5.41 Å². The van der Waals surface area contributed by atoms with Crippen molar-refractivity contribution in [3.63, 3.8) is 0 Å². The molecule has 0 atom stereocenters. The molecule has 140 valence electrons. The van der Waals surface area contributed by atoms with Crippen LogP contribution < -0.4 is 0 Å². The number of aromatic nitrogens is 3. The topological polar surface area (TPSA) is 57.0 Å². The Bertz CT molecular complexity index is 960. The zero-order chi connectivity index (χ0) is 18.9. The minimum Gasteiger partial charge on any atom is -0.458 e. The largest absolute Gasteiger partial charge is 0.458 e. The second-order valence-electron chi connectivity index (χ2n) is 6.92. The number of nitrogens with zero attached hydrogens (tertiary/aromatic N) is 3. The normalized spacial score (nSPS) is 15.8. The van der Waals surface area contributed by atoms with Gasteiger partial charge in [-0.15, -0.1) is 11.3 Å². The van der Waals surface area contributed by atoms with Crippen LogP contribution in [0.3, 0.4) is 0 Å². The average molecular weight is 385 g/mol. The van der Waals surface area contributed by atoms with Gasteiger partial charge in [0.2, 0.25) is 0 Å². The minimum absolute atomic E-state index is 0.118. The fourth-order valence-electron chi connectivity index (χ4n) is 3.69. The first-order valence-electron chi connectivity index (χ1n) is 8.93. The molecule has 7 heteroatoms. The van der Waals surface area contributed by atoms with Crippen LogP contribution in [0.2, 0.25) is 0 Å². The number of hydrogen-bond donors (Lipinski definition) is 0. The van der Waals surface area contributed by atoms with E-state index in [1.807, 2.05) is 24.7 Å². The van der Waals surface area contributed by atoms with Crippen LogP contribution in [-0.2, 0) is 28.6 Å². The van der Waals surface area contributed by atoms with Gasteiger partial charge in [-0.2, -0.15) is 5.10 Å². The number of carbonyl (C=O) groups excluding carboxylic acids is 1. The van der Waals surface area contributed by atoms with E-state index in [2.05, 4.69) is 10.1 Å². The Morgan fingerprint density at radius 1 is 1.37 bits per heavy atom. The third-order valence-electron chi connectivity index (χ3n) is 5.08. The average Bonchev–Trinajstić information content (AvgIpc) is 3.40. The first kappa shape index (κ1) is 17.9. The number of benzene rings is 1. The molecule has 1 fully saturated rings. The molecule has 0 spiro atoms. The van der Waals surface area contributed by atoms with Gasteiger partial charge >= 0.3 is 5.97 Å². The maximum atomic E-state index is 13.7. The Morgan fingerprint density at radius 3 is 2.89 bits per heavy atom. The summed E-state index contributed by atoms with van der Waals surface area (Å²) >= 11 is 1.49. The molecule has 2 heterocycles. The molecule has 27 heavy (non-hydrogen) atoms. The summed E-state index contributed by atoms with van der Waals surface area (Å²) in [6, 6.07) is 6.32. The molecule has 0 unspecified atom stereocenters. The molecule has 5 nitrogen and oxygen atoms in total. The van der Waals surface area contributed by atoms with Crippen molar-refractivity contribution in [2.75, 3.05) is 0 Å². The van der Waals surface area contributed by atoms with E-state index in [-0.39, 0.29) is 18.4 Å². The Hall–Kier alpha value is -2.54. The standard InChI is InChI=1S/C20H20FN3O2S/c1-24-11-14(10-22-24)18-23-17(13-27-18)12-26-19(25)20(7-2-3-8-20)15-5-4-6-16(21)9-15/h4-6,9-11,13H,2-3,7-8,12H2,1H3. The Balaban J connectivity index is 1.49. The van der Waals surface area contributed by atoms with E-state index in [4.69, 9.17) is 4.74 Å². The summed E-state index contributed by atoms with van der Waals surface area (Å²) in [5, 5.41) is 6.88. The first-order chi connectivity index (χ1) is 13.1. The molecular weight excluding hydrogens is 365 g/mol. The molecule has 0 N–H and O–H groups in total. The number of hydrogen-bond acceptors (Lipinski definition) is 5. The van der Waals surface area contributed by atoms with Gasteiger partial charge in [0.25, 0.3) is 0 Å². The number of aryl methyl sites for hydroxylation is 1. The summed E-state index contributed by atoms with van der Waals surface area (Å²) in [6.45, 7) is 0.118. The highest BCUT2D eigenvalue weighted by Crippen LogP contribution is 2.42. The highest BCUT2D eigenvalue weighted by atomic mass is 32.1. The van der Waals surface area contributed by atoms with Crippen molar-refractivity contribution >= 4 is 17.3 Å². The van der Waals surface area contributed by atoms with Crippen molar-refractivity contribution in [3.8, 4) is 10.6 Å². The van der Waals surface area contributed by atoms with Crippen LogP contribution in [0.1, 0.15) is 36.9 Å². The van der Waals surface area contributed by atoms with Crippen LogP contribution in [0.25, 0.3) is 10.6 Å². The van der Waals surface area contributed by atoms with Gasteiger partial charge in [0, 0.05) is 24.2 Å². The maximum Gasteiger partial charge on any atom is 0.316 e. The minimum atomic E-state index is -0.746. The molecule has 3 aromatic rings. The second-order valence-corrected chi connectivity index (χ2v) is 7.78. The fraction of sp³-hybridized carbons (Fsp3) is 0.350. The summed E-state index contributed by atoms with van der Waals surface area (Å²) in [6.07, 6.45) is 6.90. The lowest BCUT2D eigenvalue weighted by atomic mass is 9.79. The van der Waals surface area contributed by atoms with Crippen LogP contribution in [0, 0.1) is 5.82 Å². The van der Waals surface area contributed by atoms with Crippen LogP contribution in [-0.4, -0.2) is 20.7 Å². The highest BCUT2D eigenvalue weighted by molar-refractivity contribution is 7.13. The maximum absolute atomic E-state index is 13.7. The predicted molar refractivity (Wildman–Crippen MR) is 101 cm³/mol. The number of ether oxygens (including phenoxy) is 1. The van der Waals surface area contributed by atoms with Crippen LogP contribution in [0.5, 0.6) is 0 Å². The summed E-state index contributed by atoms with van der Waals surface area (Å²) in [7, 11) is 1.85. The van der Waals surface area contributed by atoms with Crippen LogP contribution in [0.4, 0.5) is 4.39 Å². The number of esters is 1. The lowest BCUT2D eigenvalue weighted by Crippen LogP contribution is -2.34. The monoisotopic (exact) mass is 385 g/mol. The van der Waals surface area contributed by atoms with Gasteiger partial charge in [-0.05, 0) is 30.5 Å². The molecule has 0 radical (unpaired) electrons. The predicted octanol–water partition coefficient (Wildman–Crippen LogP) is 4.24. The second kappa shape index (κ2) is 7.23. The number of thiazole rings is 1. The fourth-order valence-corrected chi connectivity index (χ4v) is 4.47. The summed E-state index contributed by atoms with van der Waals surface area (Å²) in [5.41, 5.74) is 1.61. The third-order valence-corrected chi connectivity index (χ3v) is 6.02. The quantitative estimate of drug-likeness (QED) is 0.617. The van der Waals surface area contributed by atoms with Crippen molar-refractivity contribution in [2.24, 2.45) is 7.05 Å². The first-order valence-corrected chi connectivity index (χ1v) is 9.81. The van der Waals surface area contributed by atoms with E-state index in [0.29, 0.717) is 24.1 Å². The molecule has 0 bridgehead atoms. The van der Waals surface area contributed by atoms with Gasteiger partial charge < -0.3 is 4.74 Å². The van der Waals surface area contributed by atoms with Gasteiger partial charge in [0.1, 0.15) is 17.4 Å². The molecule has 1 aliphatic carbocycles. The van der Waals surface area contributed by atoms with Gasteiger partial charge in [0.15, 0.2) is 0 Å². The molecule has 2 aromatic heterocycles. The summed E-state index contributed by atoms with van der Waals surface area (Å²) in [5.74, 6) is -0.617. The van der Waals surface area contributed by atoms with Crippen molar-refractivity contribution in [1.82, 2.24) is 14.8 Å². The van der Waals surface area contributed by atoms with Gasteiger partial charge in [-0.25, -0.2) is 9.37 Å². The van der Waals surface area contributed by atoms with Gasteiger partial charge in [0.05, 0.1) is 17.3 Å². The zero-order valence-corrected chi connectivity index (χ0v) is 15.8. The Kier molecular flexibility index (Phi) is 4.78. The van der Waals surface area contributed by atoms with E-state index in [1.54, 1.807) is 16.9 Å². The van der Waals surface area contributed by atoms with Gasteiger partial charge in [-0.3, -0.25) is 9.48 Å². The van der Waals surface area contributed by atoms with Crippen molar-refractivity contribution in [1.29, 1.82) is 0 Å².